The molecule has 21 heavy (non-hydrogen) atoms. The minimum Gasteiger partial charge on any atom is -0.479 e. The second kappa shape index (κ2) is 6.76. The fraction of sp³-hybridized carbons (Fsp3) is 0.235. The molecule has 1 N–H and O–H groups in total. The highest BCUT2D eigenvalue weighted by atomic mass is 19.1. The van der Waals surface area contributed by atoms with Gasteiger partial charge in [-0.2, -0.15) is 5.26 Å². The molecule has 0 fully saturated rings. The number of ether oxygens (including phenoxy) is 1. The lowest BCUT2D eigenvalue weighted by Crippen LogP contribution is -2.07. The zero-order valence-corrected chi connectivity index (χ0v) is 12.1. The number of benzene rings is 2. The van der Waals surface area contributed by atoms with E-state index in [9.17, 15) is 4.39 Å². The number of hydrogen-bond acceptors (Lipinski definition) is 3. The average Bonchev–Trinajstić information content (AvgIpc) is 2.44. The third-order valence-corrected chi connectivity index (χ3v) is 3.11. The van der Waals surface area contributed by atoms with E-state index in [-0.39, 0.29) is 18.5 Å². The highest BCUT2D eigenvalue weighted by molar-refractivity contribution is 5.48. The minimum absolute atomic E-state index is 0.0374. The van der Waals surface area contributed by atoms with E-state index in [4.69, 9.17) is 10.00 Å². The first-order chi connectivity index (χ1) is 10.1. The molecule has 1 atom stereocenters. The van der Waals surface area contributed by atoms with Crippen LogP contribution in [-0.2, 0) is 0 Å². The number of aryl methyl sites for hydroxylation is 1. The lowest BCUT2D eigenvalue weighted by molar-refractivity contribution is 0.368. The largest absolute Gasteiger partial charge is 0.479 e. The van der Waals surface area contributed by atoms with E-state index in [1.807, 2.05) is 50.2 Å². The van der Waals surface area contributed by atoms with Crippen molar-refractivity contribution in [1.82, 2.24) is 0 Å². The first kappa shape index (κ1) is 14.9. The number of nitrogens with one attached hydrogen (secondary N) is 1. The highest BCUT2D eigenvalue weighted by Gasteiger charge is 2.07. The van der Waals surface area contributed by atoms with Crippen molar-refractivity contribution in [3.05, 3.63) is 59.4 Å². The first-order valence-corrected chi connectivity index (χ1v) is 6.72. The Labute approximate surface area is 124 Å². The highest BCUT2D eigenvalue weighted by Crippen LogP contribution is 2.23. The topological polar surface area (TPSA) is 45.0 Å². The van der Waals surface area contributed by atoms with Gasteiger partial charge in [-0.25, -0.2) is 4.39 Å². The van der Waals surface area contributed by atoms with Gasteiger partial charge in [-0.05, 0) is 55.3 Å². The van der Waals surface area contributed by atoms with Crippen LogP contribution in [0.2, 0.25) is 0 Å². The lowest BCUT2D eigenvalue weighted by atomic mass is 10.1. The van der Waals surface area contributed by atoms with Crippen molar-refractivity contribution in [3.8, 4) is 11.8 Å². The van der Waals surface area contributed by atoms with Crippen LogP contribution in [0.25, 0.3) is 0 Å². The van der Waals surface area contributed by atoms with Gasteiger partial charge < -0.3 is 10.1 Å². The molecule has 4 heteroatoms. The Balaban J connectivity index is 2.06. The maximum atomic E-state index is 13.4. The van der Waals surface area contributed by atoms with Gasteiger partial charge in [0.2, 0.25) is 0 Å². The van der Waals surface area contributed by atoms with Crippen LogP contribution in [0.4, 0.5) is 10.1 Å². The molecule has 2 rings (SSSR count). The van der Waals surface area contributed by atoms with Crippen LogP contribution in [0.1, 0.15) is 24.1 Å². The molecule has 2 aromatic rings. The van der Waals surface area contributed by atoms with E-state index in [0.29, 0.717) is 5.75 Å². The SMILES string of the molecule is Cc1cc(F)cc(NC(C)c2ccc(OCC#N)cc2)c1. The fourth-order valence-corrected chi connectivity index (χ4v) is 2.12. The molecule has 0 aromatic heterocycles. The van der Waals surface area contributed by atoms with Gasteiger partial charge in [0.15, 0.2) is 6.61 Å². The Morgan fingerprint density at radius 1 is 1.24 bits per heavy atom. The predicted octanol–water partition coefficient (Wildman–Crippen LogP) is 4.21. The van der Waals surface area contributed by atoms with Gasteiger partial charge in [0.25, 0.3) is 0 Å². The van der Waals surface area contributed by atoms with Crippen molar-refractivity contribution in [2.24, 2.45) is 0 Å². The van der Waals surface area contributed by atoms with Crippen molar-refractivity contribution in [3.63, 3.8) is 0 Å². The summed E-state index contributed by atoms with van der Waals surface area (Å²) in [6.45, 7) is 3.90. The second-order valence-electron chi connectivity index (χ2n) is 4.90. The minimum atomic E-state index is -0.245. The molecule has 0 aliphatic heterocycles. The predicted molar refractivity (Wildman–Crippen MR) is 80.7 cm³/mol. The van der Waals surface area contributed by atoms with Crippen molar-refractivity contribution in [1.29, 1.82) is 5.26 Å². The summed E-state index contributed by atoms with van der Waals surface area (Å²) in [7, 11) is 0. The maximum Gasteiger partial charge on any atom is 0.174 e. The van der Waals surface area contributed by atoms with Crippen molar-refractivity contribution in [2.75, 3.05) is 11.9 Å². The number of halogens is 1. The summed E-state index contributed by atoms with van der Waals surface area (Å²) in [5.41, 5.74) is 2.69. The van der Waals surface area contributed by atoms with Crippen LogP contribution in [0.3, 0.4) is 0 Å². The standard InChI is InChI=1S/C17H17FN2O/c1-12-9-15(18)11-16(10-12)20-13(2)14-3-5-17(6-4-14)21-8-7-19/h3-6,9-11,13,20H,8H2,1-2H3. The molecule has 0 spiro atoms. The molecule has 0 amide bonds. The molecule has 1 unspecified atom stereocenters. The van der Waals surface area contributed by atoms with E-state index in [1.165, 1.54) is 12.1 Å². The molecule has 0 saturated carbocycles. The van der Waals surface area contributed by atoms with Gasteiger partial charge in [-0.15, -0.1) is 0 Å². The number of hydrogen-bond donors (Lipinski definition) is 1. The number of nitrogens with zero attached hydrogens (tertiary/aromatic N) is 1. The molecule has 108 valence electrons. The summed E-state index contributed by atoms with van der Waals surface area (Å²) in [5.74, 6) is 0.416. The Morgan fingerprint density at radius 2 is 1.95 bits per heavy atom. The Hall–Kier alpha value is -2.54. The summed E-state index contributed by atoms with van der Waals surface area (Å²) in [5, 5.41) is 11.7. The molecule has 0 bridgehead atoms. The number of anilines is 1. The van der Waals surface area contributed by atoms with Crippen LogP contribution < -0.4 is 10.1 Å². The van der Waals surface area contributed by atoms with Crippen molar-refractivity contribution < 1.29 is 9.13 Å². The average molecular weight is 284 g/mol. The Morgan fingerprint density at radius 3 is 2.57 bits per heavy atom. The quantitative estimate of drug-likeness (QED) is 0.894. The van der Waals surface area contributed by atoms with Gasteiger partial charge in [-0.3, -0.25) is 0 Å². The molecule has 0 saturated heterocycles. The van der Waals surface area contributed by atoms with E-state index >= 15 is 0 Å². The van der Waals surface area contributed by atoms with E-state index in [1.54, 1.807) is 0 Å². The van der Waals surface area contributed by atoms with Gasteiger partial charge >= 0.3 is 0 Å². The smallest absolute Gasteiger partial charge is 0.174 e. The monoisotopic (exact) mass is 284 g/mol. The van der Waals surface area contributed by atoms with E-state index < -0.39 is 0 Å². The number of rotatable bonds is 5. The molecule has 0 radical (unpaired) electrons. The summed E-state index contributed by atoms with van der Waals surface area (Å²) in [6, 6.07) is 14.3. The van der Waals surface area contributed by atoms with Gasteiger partial charge in [0.05, 0.1) is 0 Å². The molecule has 3 nitrogen and oxygen atoms in total. The molecule has 2 aromatic carbocycles. The molecule has 0 heterocycles. The zero-order chi connectivity index (χ0) is 15.2. The summed E-state index contributed by atoms with van der Waals surface area (Å²) >= 11 is 0. The van der Waals surface area contributed by atoms with E-state index in [2.05, 4.69) is 5.32 Å². The third kappa shape index (κ3) is 4.22. The maximum absolute atomic E-state index is 13.4. The Bertz CT molecular complexity index is 627. The van der Waals surface area contributed by atoms with E-state index in [0.717, 1.165) is 16.8 Å². The lowest BCUT2D eigenvalue weighted by Gasteiger charge is -2.16. The molecule has 0 aliphatic carbocycles. The third-order valence-electron chi connectivity index (χ3n) is 3.11. The van der Waals surface area contributed by atoms with Gasteiger partial charge in [0.1, 0.15) is 17.6 Å². The first-order valence-electron chi connectivity index (χ1n) is 6.72. The summed E-state index contributed by atoms with van der Waals surface area (Å²) in [6.07, 6.45) is 0. The van der Waals surface area contributed by atoms with Crippen LogP contribution >= 0.6 is 0 Å². The fourth-order valence-electron chi connectivity index (χ4n) is 2.12. The van der Waals surface area contributed by atoms with Crippen molar-refractivity contribution in [2.45, 2.75) is 19.9 Å². The molecular formula is C17H17FN2O. The summed E-state index contributed by atoms with van der Waals surface area (Å²) < 4.78 is 18.6. The van der Waals surface area contributed by atoms with Crippen molar-refractivity contribution >= 4 is 5.69 Å². The Kier molecular flexibility index (Phi) is 4.78. The normalized spacial score (nSPS) is 11.5. The van der Waals surface area contributed by atoms with Crippen LogP contribution in [0.15, 0.2) is 42.5 Å². The second-order valence-corrected chi connectivity index (χ2v) is 4.90. The van der Waals surface area contributed by atoms with Crippen LogP contribution in [-0.4, -0.2) is 6.61 Å². The van der Waals surface area contributed by atoms with Gasteiger partial charge in [0, 0.05) is 11.7 Å². The van der Waals surface area contributed by atoms with Crippen LogP contribution in [0.5, 0.6) is 5.75 Å². The molecular weight excluding hydrogens is 267 g/mol. The number of nitriles is 1. The summed E-state index contributed by atoms with van der Waals surface area (Å²) in [4.78, 5) is 0. The van der Waals surface area contributed by atoms with Gasteiger partial charge in [-0.1, -0.05) is 12.1 Å². The molecule has 0 aliphatic rings. The van der Waals surface area contributed by atoms with Crippen LogP contribution in [0, 0.1) is 24.1 Å². The zero-order valence-electron chi connectivity index (χ0n) is 12.1.